The summed E-state index contributed by atoms with van der Waals surface area (Å²) in [5, 5.41) is 7.81. The molecule has 0 amide bonds. The summed E-state index contributed by atoms with van der Waals surface area (Å²) in [7, 11) is 1.96. The van der Waals surface area contributed by atoms with Crippen molar-refractivity contribution in [2.45, 2.75) is 32.9 Å². The van der Waals surface area contributed by atoms with Gasteiger partial charge in [0.2, 0.25) is 0 Å². The molecule has 1 atom stereocenters. The van der Waals surface area contributed by atoms with E-state index in [9.17, 15) is 0 Å². The van der Waals surface area contributed by atoms with E-state index in [4.69, 9.17) is 0 Å². The molecule has 0 aliphatic carbocycles. The van der Waals surface area contributed by atoms with Gasteiger partial charge in [-0.15, -0.1) is 0 Å². The van der Waals surface area contributed by atoms with Crippen molar-refractivity contribution in [2.75, 3.05) is 11.5 Å². The minimum Gasteiger partial charge on any atom is -0.309 e. The zero-order valence-corrected chi connectivity index (χ0v) is 11.2. The normalized spacial score (nSPS) is 24.6. The van der Waals surface area contributed by atoms with Gasteiger partial charge in [-0.2, -0.15) is 16.9 Å². The third kappa shape index (κ3) is 3.25. The molecule has 2 heterocycles. The Labute approximate surface area is 102 Å². The van der Waals surface area contributed by atoms with Gasteiger partial charge in [0.15, 0.2) is 0 Å². The maximum absolute atomic E-state index is 4.18. The van der Waals surface area contributed by atoms with Gasteiger partial charge in [0, 0.05) is 37.1 Å². The van der Waals surface area contributed by atoms with Gasteiger partial charge in [-0.05, 0) is 17.6 Å². The van der Waals surface area contributed by atoms with E-state index in [1.54, 1.807) is 0 Å². The number of hydrogen-bond donors (Lipinski definition) is 1. The van der Waals surface area contributed by atoms with Crippen LogP contribution >= 0.6 is 11.8 Å². The number of aryl methyl sites for hydroxylation is 1. The number of nitrogens with one attached hydrogen (secondary N) is 1. The second-order valence-electron chi connectivity index (χ2n) is 5.48. The van der Waals surface area contributed by atoms with E-state index in [2.05, 4.69) is 42.2 Å². The lowest BCUT2D eigenvalue weighted by Crippen LogP contribution is -2.39. The van der Waals surface area contributed by atoms with E-state index in [-0.39, 0.29) is 0 Å². The summed E-state index contributed by atoms with van der Waals surface area (Å²) in [4.78, 5) is 0. The molecule has 0 bridgehead atoms. The molecule has 16 heavy (non-hydrogen) atoms. The Morgan fingerprint density at radius 2 is 2.44 bits per heavy atom. The predicted octanol–water partition coefficient (Wildman–Crippen LogP) is 2.04. The molecule has 1 fully saturated rings. The molecule has 1 unspecified atom stereocenters. The standard InChI is InChI=1S/C12H21N3S/c1-12(2)4-11(8-16-9-12)13-5-10-6-14-15(3)7-10/h6-7,11,13H,4-5,8-9H2,1-3H3. The topological polar surface area (TPSA) is 29.9 Å². The van der Waals surface area contributed by atoms with Crippen LogP contribution in [0.15, 0.2) is 12.4 Å². The Bertz CT molecular complexity index is 346. The molecule has 4 heteroatoms. The van der Waals surface area contributed by atoms with Crippen LogP contribution in [0.1, 0.15) is 25.8 Å². The minimum atomic E-state index is 0.482. The largest absolute Gasteiger partial charge is 0.309 e. The highest BCUT2D eigenvalue weighted by Gasteiger charge is 2.27. The van der Waals surface area contributed by atoms with Gasteiger partial charge >= 0.3 is 0 Å². The molecule has 1 aromatic rings. The quantitative estimate of drug-likeness (QED) is 0.875. The van der Waals surface area contributed by atoms with E-state index < -0.39 is 0 Å². The molecule has 1 N–H and O–H groups in total. The first kappa shape index (κ1) is 12.0. The highest BCUT2D eigenvalue weighted by molar-refractivity contribution is 7.99. The van der Waals surface area contributed by atoms with E-state index >= 15 is 0 Å². The second-order valence-corrected chi connectivity index (χ2v) is 6.51. The zero-order valence-electron chi connectivity index (χ0n) is 10.4. The number of aromatic nitrogens is 2. The van der Waals surface area contributed by atoms with Crippen LogP contribution in [0.25, 0.3) is 0 Å². The summed E-state index contributed by atoms with van der Waals surface area (Å²) in [6.45, 7) is 5.66. The van der Waals surface area contributed by atoms with Crippen molar-refractivity contribution in [3.05, 3.63) is 18.0 Å². The van der Waals surface area contributed by atoms with Crippen molar-refractivity contribution in [1.82, 2.24) is 15.1 Å². The van der Waals surface area contributed by atoms with E-state index in [0.717, 1.165) is 6.54 Å². The number of thioether (sulfide) groups is 1. The zero-order chi connectivity index (χ0) is 11.6. The summed E-state index contributed by atoms with van der Waals surface area (Å²) < 4.78 is 1.86. The number of hydrogen-bond acceptors (Lipinski definition) is 3. The highest BCUT2D eigenvalue weighted by Crippen LogP contribution is 2.33. The van der Waals surface area contributed by atoms with Gasteiger partial charge < -0.3 is 5.32 Å². The van der Waals surface area contributed by atoms with Crippen LogP contribution < -0.4 is 5.32 Å². The van der Waals surface area contributed by atoms with Gasteiger partial charge in [-0.25, -0.2) is 0 Å². The molecule has 0 radical (unpaired) electrons. The minimum absolute atomic E-state index is 0.482. The molecule has 1 aromatic heterocycles. The van der Waals surface area contributed by atoms with Gasteiger partial charge in [-0.3, -0.25) is 4.68 Å². The van der Waals surface area contributed by atoms with Crippen LogP contribution in [-0.2, 0) is 13.6 Å². The molecule has 1 aliphatic rings. The summed E-state index contributed by atoms with van der Waals surface area (Å²) in [6.07, 6.45) is 5.29. The van der Waals surface area contributed by atoms with Crippen LogP contribution in [-0.4, -0.2) is 27.3 Å². The number of rotatable bonds is 3. The first-order valence-corrected chi connectivity index (χ1v) is 6.99. The van der Waals surface area contributed by atoms with Gasteiger partial charge in [-0.1, -0.05) is 13.8 Å². The smallest absolute Gasteiger partial charge is 0.0534 e. The summed E-state index contributed by atoms with van der Waals surface area (Å²) in [5.41, 5.74) is 1.76. The van der Waals surface area contributed by atoms with Crippen molar-refractivity contribution in [2.24, 2.45) is 12.5 Å². The predicted molar refractivity (Wildman–Crippen MR) is 69.6 cm³/mol. The van der Waals surface area contributed by atoms with Gasteiger partial charge in [0.1, 0.15) is 0 Å². The highest BCUT2D eigenvalue weighted by atomic mass is 32.2. The fourth-order valence-electron chi connectivity index (χ4n) is 2.22. The lowest BCUT2D eigenvalue weighted by Gasteiger charge is -2.35. The maximum atomic E-state index is 4.18. The fraction of sp³-hybridized carbons (Fsp3) is 0.750. The van der Waals surface area contributed by atoms with Crippen molar-refractivity contribution >= 4 is 11.8 Å². The molecule has 90 valence electrons. The summed E-state index contributed by atoms with van der Waals surface area (Å²) in [5.74, 6) is 2.53. The van der Waals surface area contributed by atoms with Gasteiger partial charge in [0.05, 0.1) is 6.20 Å². The third-order valence-corrected chi connectivity index (χ3v) is 4.59. The first-order valence-electron chi connectivity index (χ1n) is 5.84. The van der Waals surface area contributed by atoms with Crippen LogP contribution in [0.3, 0.4) is 0 Å². The van der Waals surface area contributed by atoms with E-state index in [1.165, 1.54) is 23.5 Å². The Kier molecular flexibility index (Phi) is 3.60. The van der Waals surface area contributed by atoms with E-state index in [1.807, 2.05) is 17.9 Å². The maximum Gasteiger partial charge on any atom is 0.0534 e. The van der Waals surface area contributed by atoms with Crippen LogP contribution in [0.2, 0.25) is 0 Å². The number of nitrogens with zero attached hydrogens (tertiary/aromatic N) is 2. The Balaban J connectivity index is 1.82. The van der Waals surface area contributed by atoms with Crippen LogP contribution in [0.4, 0.5) is 0 Å². The van der Waals surface area contributed by atoms with Crippen molar-refractivity contribution < 1.29 is 0 Å². The average Bonchev–Trinajstić information content (AvgIpc) is 2.60. The molecule has 1 aliphatic heterocycles. The molecule has 0 spiro atoms. The Morgan fingerprint density at radius 3 is 3.06 bits per heavy atom. The lowest BCUT2D eigenvalue weighted by atomic mass is 9.88. The molecule has 0 aromatic carbocycles. The third-order valence-electron chi connectivity index (χ3n) is 2.96. The Morgan fingerprint density at radius 1 is 1.62 bits per heavy atom. The van der Waals surface area contributed by atoms with Crippen molar-refractivity contribution in [3.8, 4) is 0 Å². The Hall–Kier alpha value is -0.480. The molecular weight excluding hydrogens is 218 g/mol. The molecule has 3 nitrogen and oxygen atoms in total. The van der Waals surface area contributed by atoms with Gasteiger partial charge in [0.25, 0.3) is 0 Å². The average molecular weight is 239 g/mol. The fourth-order valence-corrected chi connectivity index (χ4v) is 3.53. The second kappa shape index (κ2) is 4.80. The van der Waals surface area contributed by atoms with E-state index in [0.29, 0.717) is 11.5 Å². The molecular formula is C12H21N3S. The lowest BCUT2D eigenvalue weighted by molar-refractivity contribution is 0.317. The van der Waals surface area contributed by atoms with Crippen LogP contribution in [0.5, 0.6) is 0 Å². The van der Waals surface area contributed by atoms with Crippen molar-refractivity contribution in [3.63, 3.8) is 0 Å². The molecule has 1 saturated heterocycles. The summed E-state index contributed by atoms with van der Waals surface area (Å²) >= 11 is 2.07. The SMILES string of the molecule is Cn1cc(CNC2CSCC(C)(C)C2)cn1. The molecule has 0 saturated carbocycles. The summed E-state index contributed by atoms with van der Waals surface area (Å²) in [6, 6.07) is 0.647. The van der Waals surface area contributed by atoms with Crippen LogP contribution in [0, 0.1) is 5.41 Å². The van der Waals surface area contributed by atoms with Crippen molar-refractivity contribution in [1.29, 1.82) is 0 Å². The first-order chi connectivity index (χ1) is 7.55. The molecule has 2 rings (SSSR count). The monoisotopic (exact) mass is 239 g/mol.